The van der Waals surface area contributed by atoms with E-state index in [4.69, 9.17) is 4.98 Å². The SMILES string of the molecule is Cn1cnnc1-c1cc(C#N)ccc1-c1cc(C2CC2)nc(N2Cc3c(F)cc(CN4CC5CC5C4)cc3C2=O)c1. The van der Waals surface area contributed by atoms with Crippen LogP contribution in [0, 0.1) is 29.0 Å². The zero-order chi connectivity index (χ0) is 27.8. The van der Waals surface area contributed by atoms with Crippen molar-refractivity contribution in [3.05, 3.63) is 82.6 Å². The second kappa shape index (κ2) is 9.05. The van der Waals surface area contributed by atoms with E-state index in [2.05, 4.69) is 27.2 Å². The molecule has 9 heteroatoms. The molecule has 204 valence electrons. The summed E-state index contributed by atoms with van der Waals surface area (Å²) in [7, 11) is 1.86. The molecule has 1 amide bonds. The number of benzene rings is 2. The van der Waals surface area contributed by atoms with Crippen LogP contribution in [0.15, 0.2) is 48.8 Å². The first-order valence-electron chi connectivity index (χ1n) is 14.2. The maximum Gasteiger partial charge on any atom is 0.260 e. The van der Waals surface area contributed by atoms with Gasteiger partial charge in [0, 0.05) is 55.0 Å². The van der Waals surface area contributed by atoms with Crippen molar-refractivity contribution in [1.29, 1.82) is 5.26 Å². The molecule has 0 spiro atoms. The summed E-state index contributed by atoms with van der Waals surface area (Å²) in [6, 6.07) is 15.2. The molecule has 0 N–H and O–H groups in total. The molecule has 8 rings (SSSR count). The van der Waals surface area contributed by atoms with Gasteiger partial charge in [-0.05, 0) is 84.2 Å². The number of anilines is 1. The topological polar surface area (TPSA) is 90.9 Å². The van der Waals surface area contributed by atoms with Crippen molar-refractivity contribution in [3.63, 3.8) is 0 Å². The van der Waals surface area contributed by atoms with Crippen LogP contribution in [0.3, 0.4) is 0 Å². The van der Waals surface area contributed by atoms with Crippen molar-refractivity contribution in [2.45, 2.75) is 38.3 Å². The molecule has 4 aliphatic rings. The van der Waals surface area contributed by atoms with E-state index in [1.54, 1.807) is 23.4 Å². The highest BCUT2D eigenvalue weighted by atomic mass is 19.1. The van der Waals surface area contributed by atoms with Crippen LogP contribution in [0.25, 0.3) is 22.5 Å². The molecule has 2 aliphatic heterocycles. The third-order valence-corrected chi connectivity index (χ3v) is 9.02. The minimum absolute atomic E-state index is 0.151. The van der Waals surface area contributed by atoms with Crippen LogP contribution in [0.1, 0.15) is 57.9 Å². The molecule has 1 saturated heterocycles. The molecular formula is C32H28FN7O. The van der Waals surface area contributed by atoms with Crippen LogP contribution in [-0.2, 0) is 20.1 Å². The lowest BCUT2D eigenvalue weighted by atomic mass is 9.96. The third kappa shape index (κ3) is 4.21. The van der Waals surface area contributed by atoms with Gasteiger partial charge in [-0.15, -0.1) is 10.2 Å². The zero-order valence-corrected chi connectivity index (χ0v) is 22.7. The lowest BCUT2D eigenvalue weighted by molar-refractivity contribution is 0.0995. The van der Waals surface area contributed by atoms with Gasteiger partial charge in [0.25, 0.3) is 5.91 Å². The number of fused-ring (bicyclic) bond motifs is 2. The fourth-order valence-electron chi connectivity index (χ4n) is 6.58. The number of halogens is 1. The molecule has 0 bridgehead atoms. The predicted octanol–water partition coefficient (Wildman–Crippen LogP) is 5.04. The van der Waals surface area contributed by atoms with E-state index in [1.807, 2.05) is 35.9 Å². The number of likely N-dealkylation sites (tertiary alicyclic amines) is 1. The summed E-state index contributed by atoms with van der Waals surface area (Å²) in [5.41, 5.74) is 5.67. The lowest BCUT2D eigenvalue weighted by Crippen LogP contribution is -2.24. The minimum Gasteiger partial charge on any atom is -0.317 e. The largest absolute Gasteiger partial charge is 0.317 e. The average Bonchev–Trinajstić information content (AvgIpc) is 3.85. The molecule has 2 atom stereocenters. The van der Waals surface area contributed by atoms with Crippen LogP contribution in [0.4, 0.5) is 10.2 Å². The Morgan fingerprint density at radius 1 is 1.05 bits per heavy atom. The Morgan fingerprint density at radius 2 is 1.88 bits per heavy atom. The Balaban J connectivity index is 1.17. The Labute approximate surface area is 237 Å². The molecule has 0 radical (unpaired) electrons. The molecule has 3 fully saturated rings. The number of aryl methyl sites for hydroxylation is 1. The third-order valence-electron chi connectivity index (χ3n) is 9.02. The minimum atomic E-state index is -0.326. The van der Waals surface area contributed by atoms with Gasteiger partial charge < -0.3 is 4.57 Å². The highest BCUT2D eigenvalue weighted by molar-refractivity contribution is 6.10. The van der Waals surface area contributed by atoms with E-state index in [1.165, 1.54) is 6.42 Å². The van der Waals surface area contributed by atoms with Crippen LogP contribution in [0.5, 0.6) is 0 Å². The van der Waals surface area contributed by atoms with E-state index < -0.39 is 0 Å². The molecule has 4 aromatic rings. The van der Waals surface area contributed by atoms with Crippen LogP contribution < -0.4 is 4.90 Å². The number of nitriles is 1. The number of rotatable bonds is 6. The maximum atomic E-state index is 15.4. The normalized spacial score (nSPS) is 21.2. The molecular weight excluding hydrogens is 517 g/mol. The Morgan fingerprint density at radius 3 is 2.61 bits per heavy atom. The second-order valence-electron chi connectivity index (χ2n) is 12.0. The van der Waals surface area contributed by atoms with Crippen molar-refractivity contribution >= 4 is 11.7 Å². The molecule has 8 nitrogen and oxygen atoms in total. The van der Waals surface area contributed by atoms with Gasteiger partial charge in [-0.3, -0.25) is 14.6 Å². The fraction of sp³-hybridized carbons (Fsp3) is 0.344. The van der Waals surface area contributed by atoms with Crippen molar-refractivity contribution in [2.75, 3.05) is 18.0 Å². The summed E-state index contributed by atoms with van der Waals surface area (Å²) >= 11 is 0. The van der Waals surface area contributed by atoms with Gasteiger partial charge in [0.2, 0.25) is 0 Å². The van der Waals surface area contributed by atoms with Crippen molar-refractivity contribution in [3.8, 4) is 28.6 Å². The Kier molecular flexibility index (Phi) is 5.38. The first-order valence-corrected chi connectivity index (χ1v) is 14.2. The molecule has 2 aromatic heterocycles. The molecule has 2 unspecified atom stereocenters. The molecule has 2 saturated carbocycles. The highest BCUT2D eigenvalue weighted by Gasteiger charge is 2.45. The number of piperidine rings is 1. The smallest absolute Gasteiger partial charge is 0.260 e. The summed E-state index contributed by atoms with van der Waals surface area (Å²) < 4.78 is 17.2. The molecule has 2 aliphatic carbocycles. The number of hydrogen-bond donors (Lipinski definition) is 0. The quantitative estimate of drug-likeness (QED) is 0.337. The predicted molar refractivity (Wildman–Crippen MR) is 150 cm³/mol. The number of hydrogen-bond acceptors (Lipinski definition) is 6. The highest BCUT2D eigenvalue weighted by Crippen LogP contribution is 2.46. The summed E-state index contributed by atoms with van der Waals surface area (Å²) in [5.74, 6) is 2.54. The van der Waals surface area contributed by atoms with E-state index in [9.17, 15) is 10.1 Å². The van der Waals surface area contributed by atoms with E-state index in [0.29, 0.717) is 40.8 Å². The maximum absolute atomic E-state index is 15.4. The number of carbonyl (C=O) groups is 1. The van der Waals surface area contributed by atoms with Crippen molar-refractivity contribution in [2.24, 2.45) is 18.9 Å². The zero-order valence-electron chi connectivity index (χ0n) is 22.7. The standard InChI is InChI=1S/C32H28FN7O/c1-38-17-35-37-31(38)25-6-18(12-34)2-5-24(25)21-10-29(20-3-4-20)36-30(11-21)40-16-27-26(32(40)41)7-19(8-28(27)33)13-39-14-22-9-23(22)15-39/h2,5-8,10-11,17,20,22-23H,3-4,9,13-16H2,1H3. The van der Waals surface area contributed by atoms with Gasteiger partial charge in [0.15, 0.2) is 5.82 Å². The summed E-state index contributed by atoms with van der Waals surface area (Å²) in [5, 5.41) is 17.9. The second-order valence-corrected chi connectivity index (χ2v) is 12.0. The number of nitrogens with zero attached hydrogens (tertiary/aromatic N) is 7. The van der Waals surface area contributed by atoms with Crippen LogP contribution >= 0.6 is 0 Å². The van der Waals surface area contributed by atoms with Gasteiger partial charge in [-0.1, -0.05) is 6.07 Å². The lowest BCUT2D eigenvalue weighted by Gasteiger charge is -2.18. The molecule has 4 heterocycles. The number of aromatic nitrogens is 4. The van der Waals surface area contributed by atoms with Gasteiger partial charge in [-0.2, -0.15) is 5.26 Å². The summed E-state index contributed by atoms with van der Waals surface area (Å²) in [6.45, 7) is 2.96. The van der Waals surface area contributed by atoms with E-state index in [-0.39, 0.29) is 18.3 Å². The van der Waals surface area contributed by atoms with Crippen molar-refractivity contribution < 1.29 is 9.18 Å². The molecule has 41 heavy (non-hydrogen) atoms. The number of carbonyl (C=O) groups excluding carboxylic acids is 1. The average molecular weight is 546 g/mol. The van der Waals surface area contributed by atoms with Gasteiger partial charge >= 0.3 is 0 Å². The van der Waals surface area contributed by atoms with Crippen molar-refractivity contribution in [1.82, 2.24) is 24.6 Å². The summed E-state index contributed by atoms with van der Waals surface area (Å²) in [6.07, 6.45) is 5.04. The summed E-state index contributed by atoms with van der Waals surface area (Å²) in [4.78, 5) is 22.7. The number of pyridine rings is 1. The number of amides is 1. The Hall–Kier alpha value is -4.42. The fourth-order valence-corrected chi connectivity index (χ4v) is 6.58. The molecule has 2 aromatic carbocycles. The van der Waals surface area contributed by atoms with Gasteiger partial charge in [0.05, 0.1) is 18.2 Å². The van der Waals surface area contributed by atoms with Gasteiger partial charge in [-0.25, -0.2) is 9.37 Å². The Bertz CT molecular complexity index is 1780. The van der Waals surface area contributed by atoms with Crippen LogP contribution in [-0.4, -0.2) is 43.6 Å². The van der Waals surface area contributed by atoms with Gasteiger partial charge in [0.1, 0.15) is 18.0 Å². The monoisotopic (exact) mass is 545 g/mol. The first kappa shape index (κ1) is 24.4. The van der Waals surface area contributed by atoms with E-state index >= 15 is 4.39 Å². The van der Waals surface area contributed by atoms with Crippen LogP contribution in [0.2, 0.25) is 0 Å². The van der Waals surface area contributed by atoms with E-state index in [0.717, 1.165) is 65.7 Å². The first-order chi connectivity index (χ1) is 19.9.